The Morgan fingerprint density at radius 1 is 1.07 bits per heavy atom. The van der Waals surface area contributed by atoms with Gasteiger partial charge in [-0.25, -0.2) is 0 Å². The molecule has 28 heavy (non-hydrogen) atoms. The maximum Gasteiger partial charge on any atom is 0.227 e. The molecule has 0 spiro atoms. The summed E-state index contributed by atoms with van der Waals surface area (Å²) in [7, 11) is 0. The van der Waals surface area contributed by atoms with E-state index in [0.717, 1.165) is 40.9 Å². The number of rotatable bonds is 5. The molecule has 2 aromatic rings. The van der Waals surface area contributed by atoms with Crippen molar-refractivity contribution in [2.75, 3.05) is 22.9 Å². The summed E-state index contributed by atoms with van der Waals surface area (Å²) in [4.78, 5) is 29.4. The Bertz CT molecular complexity index is 886. The lowest BCUT2D eigenvalue weighted by Gasteiger charge is -2.40. The predicted molar refractivity (Wildman–Crippen MR) is 114 cm³/mol. The molecular formula is C22H24BrN3O2. The van der Waals surface area contributed by atoms with E-state index in [-0.39, 0.29) is 24.7 Å². The zero-order chi connectivity index (χ0) is 19.5. The number of nitrogens with one attached hydrogen (secondary N) is 1. The van der Waals surface area contributed by atoms with Crippen LogP contribution in [0, 0.1) is 0 Å². The summed E-state index contributed by atoms with van der Waals surface area (Å²) in [6, 6.07) is 16.3. The summed E-state index contributed by atoms with van der Waals surface area (Å²) in [6.07, 6.45) is 2.72. The summed E-state index contributed by atoms with van der Waals surface area (Å²) in [5, 5.41) is 2.90. The predicted octanol–water partition coefficient (Wildman–Crippen LogP) is 3.86. The summed E-state index contributed by atoms with van der Waals surface area (Å²) in [5.41, 5.74) is 3.14. The van der Waals surface area contributed by atoms with Crippen LogP contribution < -0.4 is 15.1 Å². The zero-order valence-corrected chi connectivity index (χ0v) is 17.3. The Balaban J connectivity index is 1.35. The molecule has 1 atom stereocenters. The highest BCUT2D eigenvalue weighted by Crippen LogP contribution is 2.39. The molecule has 2 heterocycles. The van der Waals surface area contributed by atoms with E-state index >= 15 is 0 Å². The van der Waals surface area contributed by atoms with Gasteiger partial charge < -0.3 is 15.1 Å². The van der Waals surface area contributed by atoms with Gasteiger partial charge in [0.15, 0.2) is 0 Å². The SMILES string of the molecule is O=C(CCC(=O)N1CC2CCCN2c2ccccc21)NCc1cccc(Br)c1. The highest BCUT2D eigenvalue weighted by atomic mass is 79.9. The van der Waals surface area contributed by atoms with Gasteiger partial charge in [0.2, 0.25) is 11.8 Å². The van der Waals surface area contributed by atoms with Crippen LogP contribution in [-0.4, -0.2) is 30.9 Å². The second-order valence-corrected chi connectivity index (χ2v) is 8.30. The summed E-state index contributed by atoms with van der Waals surface area (Å²) in [6.45, 7) is 2.24. The number of hydrogen-bond donors (Lipinski definition) is 1. The summed E-state index contributed by atoms with van der Waals surface area (Å²) < 4.78 is 0.985. The van der Waals surface area contributed by atoms with Crippen LogP contribution in [0.4, 0.5) is 11.4 Å². The first-order valence-electron chi connectivity index (χ1n) is 9.79. The number of para-hydroxylation sites is 2. The lowest BCUT2D eigenvalue weighted by Crippen LogP contribution is -2.48. The third-order valence-corrected chi connectivity index (χ3v) is 5.99. The van der Waals surface area contributed by atoms with Crippen LogP contribution in [0.1, 0.15) is 31.2 Å². The molecule has 0 radical (unpaired) electrons. The molecule has 2 aromatic carbocycles. The van der Waals surface area contributed by atoms with E-state index in [4.69, 9.17) is 0 Å². The molecule has 0 saturated carbocycles. The largest absolute Gasteiger partial charge is 0.365 e. The number of anilines is 2. The highest BCUT2D eigenvalue weighted by Gasteiger charge is 2.35. The Kier molecular flexibility index (Phi) is 5.67. The van der Waals surface area contributed by atoms with Gasteiger partial charge in [-0.2, -0.15) is 0 Å². The molecule has 0 bridgehead atoms. The fourth-order valence-electron chi connectivity index (χ4n) is 4.11. The van der Waals surface area contributed by atoms with Gasteiger partial charge in [0.25, 0.3) is 0 Å². The minimum Gasteiger partial charge on any atom is -0.365 e. The standard InChI is InChI=1S/C22H24BrN3O2/c23-17-6-3-5-16(13-17)14-24-21(27)10-11-22(28)26-15-18-7-4-12-25(18)19-8-1-2-9-20(19)26/h1-3,5-6,8-9,13,18H,4,7,10-12,14-15H2,(H,24,27). The van der Waals surface area contributed by atoms with Gasteiger partial charge in [0.05, 0.1) is 11.4 Å². The molecule has 5 nitrogen and oxygen atoms in total. The van der Waals surface area contributed by atoms with E-state index in [1.165, 1.54) is 6.42 Å². The van der Waals surface area contributed by atoms with Crippen LogP contribution in [0.5, 0.6) is 0 Å². The molecule has 146 valence electrons. The van der Waals surface area contributed by atoms with Crippen LogP contribution in [0.3, 0.4) is 0 Å². The molecule has 0 aromatic heterocycles. The van der Waals surface area contributed by atoms with E-state index in [2.05, 4.69) is 32.2 Å². The zero-order valence-electron chi connectivity index (χ0n) is 15.7. The number of nitrogens with zero attached hydrogens (tertiary/aromatic N) is 2. The van der Waals surface area contributed by atoms with Crippen LogP contribution in [0.25, 0.3) is 0 Å². The minimum absolute atomic E-state index is 0.0246. The molecule has 2 amide bonds. The number of halogens is 1. The Hall–Kier alpha value is -2.34. The van der Waals surface area contributed by atoms with Crippen LogP contribution in [0.15, 0.2) is 53.0 Å². The fraction of sp³-hybridized carbons (Fsp3) is 0.364. The molecule has 2 aliphatic heterocycles. The van der Waals surface area contributed by atoms with E-state index in [1.54, 1.807) is 0 Å². The van der Waals surface area contributed by atoms with Crippen molar-refractivity contribution in [1.82, 2.24) is 5.32 Å². The number of fused-ring (bicyclic) bond motifs is 3. The van der Waals surface area contributed by atoms with Crippen molar-refractivity contribution in [3.05, 3.63) is 58.6 Å². The molecule has 4 rings (SSSR count). The van der Waals surface area contributed by atoms with Gasteiger partial charge >= 0.3 is 0 Å². The third kappa shape index (κ3) is 4.07. The Morgan fingerprint density at radius 2 is 1.89 bits per heavy atom. The maximum atomic E-state index is 12.9. The number of benzene rings is 2. The fourth-order valence-corrected chi connectivity index (χ4v) is 4.56. The van der Waals surface area contributed by atoms with Gasteiger partial charge in [0.1, 0.15) is 0 Å². The average molecular weight is 442 g/mol. The van der Waals surface area contributed by atoms with Crippen molar-refractivity contribution in [3.63, 3.8) is 0 Å². The number of amides is 2. The van der Waals surface area contributed by atoms with Crippen molar-refractivity contribution < 1.29 is 9.59 Å². The lowest BCUT2D eigenvalue weighted by molar-refractivity contribution is -0.125. The van der Waals surface area contributed by atoms with Gasteiger partial charge in [-0.05, 0) is 42.7 Å². The van der Waals surface area contributed by atoms with Crippen LogP contribution in [0.2, 0.25) is 0 Å². The van der Waals surface area contributed by atoms with Crippen molar-refractivity contribution in [3.8, 4) is 0 Å². The number of carbonyl (C=O) groups is 2. The Morgan fingerprint density at radius 3 is 2.71 bits per heavy atom. The van der Waals surface area contributed by atoms with Crippen LogP contribution in [-0.2, 0) is 16.1 Å². The molecule has 1 fully saturated rings. The van der Waals surface area contributed by atoms with E-state index < -0.39 is 0 Å². The second-order valence-electron chi connectivity index (χ2n) is 7.39. The molecule has 1 N–H and O–H groups in total. The first kappa shape index (κ1) is 19.0. The van der Waals surface area contributed by atoms with Gasteiger partial charge in [-0.3, -0.25) is 9.59 Å². The molecule has 6 heteroatoms. The van der Waals surface area contributed by atoms with E-state index in [0.29, 0.717) is 12.6 Å². The molecule has 1 unspecified atom stereocenters. The smallest absolute Gasteiger partial charge is 0.227 e. The second kappa shape index (κ2) is 8.35. The molecule has 0 aliphatic carbocycles. The first-order valence-corrected chi connectivity index (χ1v) is 10.6. The van der Waals surface area contributed by atoms with Gasteiger partial charge in [0, 0.05) is 43.0 Å². The summed E-state index contributed by atoms with van der Waals surface area (Å²) >= 11 is 3.43. The monoisotopic (exact) mass is 441 g/mol. The maximum absolute atomic E-state index is 12.9. The van der Waals surface area contributed by atoms with Crippen LogP contribution >= 0.6 is 15.9 Å². The summed E-state index contributed by atoms with van der Waals surface area (Å²) in [5.74, 6) is -0.0716. The number of hydrogen-bond acceptors (Lipinski definition) is 3. The highest BCUT2D eigenvalue weighted by molar-refractivity contribution is 9.10. The quantitative estimate of drug-likeness (QED) is 0.765. The molecule has 1 saturated heterocycles. The first-order chi connectivity index (χ1) is 13.6. The Labute approximate surface area is 173 Å². The topological polar surface area (TPSA) is 52.7 Å². The lowest BCUT2D eigenvalue weighted by atomic mass is 10.1. The van der Waals surface area contributed by atoms with Crippen molar-refractivity contribution in [2.24, 2.45) is 0 Å². The number of carbonyl (C=O) groups excluding carboxylic acids is 2. The van der Waals surface area contributed by atoms with Gasteiger partial charge in [-0.1, -0.05) is 40.2 Å². The molecule has 2 aliphatic rings. The van der Waals surface area contributed by atoms with Gasteiger partial charge in [-0.15, -0.1) is 0 Å². The minimum atomic E-state index is -0.0962. The average Bonchev–Trinajstić information content (AvgIpc) is 3.19. The van der Waals surface area contributed by atoms with Crippen molar-refractivity contribution in [2.45, 2.75) is 38.3 Å². The molecular weight excluding hydrogens is 418 g/mol. The third-order valence-electron chi connectivity index (χ3n) is 5.50. The van der Waals surface area contributed by atoms with Crippen molar-refractivity contribution >= 4 is 39.1 Å². The normalized spacial score (nSPS) is 17.8. The van der Waals surface area contributed by atoms with Crippen molar-refractivity contribution in [1.29, 1.82) is 0 Å². The van der Waals surface area contributed by atoms with E-state index in [1.807, 2.05) is 47.4 Å². The van der Waals surface area contributed by atoms with E-state index in [9.17, 15) is 9.59 Å².